The van der Waals surface area contributed by atoms with Crippen molar-refractivity contribution < 1.29 is 4.39 Å². The fraction of sp³-hybridized carbons (Fsp3) is 0.538. The monoisotopic (exact) mass is 243 g/mol. The maximum absolute atomic E-state index is 13.4. The second-order valence-electron chi connectivity index (χ2n) is 4.18. The summed E-state index contributed by atoms with van der Waals surface area (Å²) >= 11 is 5.68. The lowest BCUT2D eigenvalue weighted by molar-refractivity contribution is 0.531. The third kappa shape index (κ3) is 4.50. The van der Waals surface area contributed by atoms with Gasteiger partial charge in [-0.15, -0.1) is 0 Å². The van der Waals surface area contributed by atoms with Gasteiger partial charge in [-0.25, -0.2) is 4.39 Å². The number of halogens is 2. The van der Waals surface area contributed by atoms with E-state index in [1.165, 1.54) is 6.07 Å². The van der Waals surface area contributed by atoms with Crippen LogP contribution in [0, 0.1) is 5.82 Å². The van der Waals surface area contributed by atoms with Crippen LogP contribution in [0.4, 0.5) is 4.39 Å². The van der Waals surface area contributed by atoms with Crippen molar-refractivity contribution in [1.82, 2.24) is 0 Å². The summed E-state index contributed by atoms with van der Waals surface area (Å²) in [7, 11) is 0. The molecule has 0 heterocycles. The Bertz CT molecular complexity index is 328. The van der Waals surface area contributed by atoms with Crippen LogP contribution >= 0.6 is 11.6 Å². The molecule has 0 spiro atoms. The molecule has 0 radical (unpaired) electrons. The third-order valence-corrected chi connectivity index (χ3v) is 2.93. The molecule has 1 aromatic rings. The molecule has 0 fully saturated rings. The van der Waals surface area contributed by atoms with Gasteiger partial charge in [-0.3, -0.25) is 0 Å². The fourth-order valence-corrected chi connectivity index (χ4v) is 1.95. The van der Waals surface area contributed by atoms with Crippen LogP contribution in [0.2, 0.25) is 5.02 Å². The zero-order valence-corrected chi connectivity index (χ0v) is 10.4. The predicted molar refractivity (Wildman–Crippen MR) is 67.2 cm³/mol. The molecule has 1 rings (SSSR count). The summed E-state index contributed by atoms with van der Waals surface area (Å²) in [4.78, 5) is 0. The summed E-state index contributed by atoms with van der Waals surface area (Å²) in [5.74, 6) is -0.212. The molecule has 0 saturated carbocycles. The summed E-state index contributed by atoms with van der Waals surface area (Å²) in [5.41, 5.74) is 6.63. The molecule has 1 unspecified atom stereocenters. The van der Waals surface area contributed by atoms with Crippen molar-refractivity contribution in [2.75, 3.05) is 0 Å². The zero-order valence-electron chi connectivity index (χ0n) is 9.68. The summed E-state index contributed by atoms with van der Waals surface area (Å²) < 4.78 is 13.4. The van der Waals surface area contributed by atoms with Gasteiger partial charge in [0.25, 0.3) is 0 Å². The van der Waals surface area contributed by atoms with Gasteiger partial charge in [0, 0.05) is 11.1 Å². The molecule has 16 heavy (non-hydrogen) atoms. The van der Waals surface area contributed by atoms with Crippen molar-refractivity contribution >= 4 is 11.6 Å². The predicted octanol–water partition coefficient (Wildman–Crippen LogP) is 3.93. The molecule has 0 aliphatic rings. The Labute approximate surface area is 102 Å². The summed E-state index contributed by atoms with van der Waals surface area (Å²) in [6.45, 7) is 2.12. The Morgan fingerprint density at radius 3 is 2.75 bits per heavy atom. The molecule has 0 aliphatic carbocycles. The van der Waals surface area contributed by atoms with Crippen LogP contribution in [0.5, 0.6) is 0 Å². The van der Waals surface area contributed by atoms with Gasteiger partial charge in [0.1, 0.15) is 5.82 Å². The van der Waals surface area contributed by atoms with Crippen LogP contribution in [0.25, 0.3) is 0 Å². The summed E-state index contributed by atoms with van der Waals surface area (Å²) in [5, 5.41) is 0.448. The van der Waals surface area contributed by atoms with E-state index in [1.807, 2.05) is 0 Å². The van der Waals surface area contributed by atoms with Gasteiger partial charge < -0.3 is 5.73 Å². The lowest BCUT2D eigenvalue weighted by Crippen LogP contribution is -2.19. The van der Waals surface area contributed by atoms with E-state index in [0.29, 0.717) is 5.02 Å². The molecule has 0 saturated heterocycles. The first-order chi connectivity index (χ1) is 7.63. The second kappa shape index (κ2) is 6.87. The molecule has 90 valence electrons. The molecule has 0 amide bonds. The van der Waals surface area contributed by atoms with Crippen molar-refractivity contribution in [3.8, 4) is 0 Å². The van der Waals surface area contributed by atoms with E-state index < -0.39 is 0 Å². The van der Waals surface area contributed by atoms with Gasteiger partial charge in [-0.05, 0) is 43.4 Å². The van der Waals surface area contributed by atoms with E-state index in [9.17, 15) is 4.39 Å². The minimum Gasteiger partial charge on any atom is -0.328 e. The van der Waals surface area contributed by atoms with E-state index in [2.05, 4.69) is 6.92 Å². The summed E-state index contributed by atoms with van der Waals surface area (Å²) in [6.07, 6.45) is 4.77. The first-order valence-electron chi connectivity index (χ1n) is 5.83. The Hall–Kier alpha value is -0.600. The van der Waals surface area contributed by atoms with Gasteiger partial charge in [0.2, 0.25) is 0 Å². The number of hydrogen-bond acceptors (Lipinski definition) is 1. The first kappa shape index (κ1) is 13.5. The highest BCUT2D eigenvalue weighted by atomic mass is 35.5. The molecule has 1 aromatic carbocycles. The number of rotatable bonds is 6. The van der Waals surface area contributed by atoms with Crippen LogP contribution in [0.1, 0.15) is 38.2 Å². The normalized spacial score (nSPS) is 12.8. The molecule has 2 N–H and O–H groups in total. The summed E-state index contributed by atoms with van der Waals surface area (Å²) in [6, 6.07) is 5.10. The molecule has 3 heteroatoms. The van der Waals surface area contributed by atoms with Gasteiger partial charge >= 0.3 is 0 Å². The largest absolute Gasteiger partial charge is 0.328 e. The number of aryl methyl sites for hydroxylation is 1. The number of nitrogens with two attached hydrogens (primary N) is 1. The van der Waals surface area contributed by atoms with Crippen LogP contribution < -0.4 is 5.73 Å². The average molecular weight is 244 g/mol. The van der Waals surface area contributed by atoms with E-state index in [-0.39, 0.29) is 11.9 Å². The lowest BCUT2D eigenvalue weighted by Gasteiger charge is -2.10. The van der Waals surface area contributed by atoms with Crippen LogP contribution in [0.3, 0.4) is 0 Å². The standard InChI is InChI=1S/C13H19ClFN/c1-2-4-12(16)6-3-5-10-7-8-11(14)9-13(10)15/h7-9,12H,2-6,16H2,1H3. The lowest BCUT2D eigenvalue weighted by atomic mass is 10.0. The quantitative estimate of drug-likeness (QED) is 0.805. The molecule has 0 bridgehead atoms. The van der Waals surface area contributed by atoms with E-state index in [0.717, 1.165) is 37.7 Å². The molecular weight excluding hydrogens is 225 g/mol. The Balaban J connectivity index is 2.37. The highest BCUT2D eigenvalue weighted by Gasteiger charge is 2.05. The maximum Gasteiger partial charge on any atom is 0.127 e. The van der Waals surface area contributed by atoms with Crippen molar-refractivity contribution in [3.05, 3.63) is 34.6 Å². The SMILES string of the molecule is CCCC(N)CCCc1ccc(Cl)cc1F. The van der Waals surface area contributed by atoms with Gasteiger partial charge in [-0.1, -0.05) is 31.0 Å². The molecule has 0 aliphatic heterocycles. The second-order valence-corrected chi connectivity index (χ2v) is 4.61. The van der Waals surface area contributed by atoms with Gasteiger partial charge in [0.15, 0.2) is 0 Å². The molecule has 0 aromatic heterocycles. The minimum absolute atomic E-state index is 0.212. The number of benzene rings is 1. The van der Waals surface area contributed by atoms with E-state index >= 15 is 0 Å². The topological polar surface area (TPSA) is 26.0 Å². The molecule has 1 nitrogen and oxygen atoms in total. The molecular formula is C13H19ClFN. The van der Waals surface area contributed by atoms with Crippen molar-refractivity contribution in [2.45, 2.75) is 45.1 Å². The van der Waals surface area contributed by atoms with Crippen molar-refractivity contribution in [3.63, 3.8) is 0 Å². The zero-order chi connectivity index (χ0) is 12.0. The Morgan fingerprint density at radius 1 is 1.38 bits per heavy atom. The van der Waals surface area contributed by atoms with Gasteiger partial charge in [0.05, 0.1) is 0 Å². The highest BCUT2D eigenvalue weighted by Crippen LogP contribution is 2.17. The van der Waals surface area contributed by atoms with Crippen molar-refractivity contribution in [2.24, 2.45) is 5.73 Å². The molecule has 1 atom stereocenters. The maximum atomic E-state index is 13.4. The average Bonchev–Trinajstić information content (AvgIpc) is 2.22. The van der Waals surface area contributed by atoms with Crippen molar-refractivity contribution in [1.29, 1.82) is 0 Å². The van der Waals surface area contributed by atoms with Crippen LogP contribution in [-0.2, 0) is 6.42 Å². The van der Waals surface area contributed by atoms with E-state index in [4.69, 9.17) is 17.3 Å². The number of hydrogen-bond donors (Lipinski definition) is 1. The fourth-order valence-electron chi connectivity index (χ4n) is 1.79. The third-order valence-electron chi connectivity index (χ3n) is 2.70. The highest BCUT2D eigenvalue weighted by molar-refractivity contribution is 6.30. The first-order valence-corrected chi connectivity index (χ1v) is 6.20. The van der Waals surface area contributed by atoms with Crippen LogP contribution in [-0.4, -0.2) is 6.04 Å². The van der Waals surface area contributed by atoms with Crippen LogP contribution in [0.15, 0.2) is 18.2 Å². The Kier molecular flexibility index (Phi) is 5.78. The van der Waals surface area contributed by atoms with E-state index in [1.54, 1.807) is 12.1 Å². The Morgan fingerprint density at radius 2 is 2.12 bits per heavy atom. The minimum atomic E-state index is -0.212. The smallest absolute Gasteiger partial charge is 0.127 e. The van der Waals surface area contributed by atoms with Gasteiger partial charge in [-0.2, -0.15) is 0 Å².